The first-order valence-corrected chi connectivity index (χ1v) is 34.2. The fourth-order valence-corrected chi connectivity index (χ4v) is 10.2. The number of nitro benzene ring substituents is 1. The Hall–Kier alpha value is -12.8. The van der Waals surface area contributed by atoms with Gasteiger partial charge in [-0.1, -0.05) is 84.0 Å². The number of aliphatic carboxylic acids is 7. The largest absolute Gasteiger partial charge is 0.508 e. The van der Waals surface area contributed by atoms with Gasteiger partial charge in [0, 0.05) is 41.3 Å². The van der Waals surface area contributed by atoms with Crippen molar-refractivity contribution in [3.63, 3.8) is 0 Å². The van der Waals surface area contributed by atoms with E-state index in [1.807, 2.05) is 77.1 Å². The van der Waals surface area contributed by atoms with Crippen molar-refractivity contribution in [2.45, 2.75) is 133 Å². The molecule has 1 aromatic heterocycles. The van der Waals surface area contributed by atoms with E-state index in [-0.39, 0.29) is 73.1 Å². The van der Waals surface area contributed by atoms with E-state index in [0.717, 1.165) is 50.0 Å². The Labute approximate surface area is 648 Å². The van der Waals surface area contributed by atoms with E-state index in [1.54, 1.807) is 74.0 Å². The minimum Gasteiger partial charge on any atom is -0.508 e. The number of hydrogen-bond donors (Lipinski definition) is 22. The number of aromatic hydroxyl groups is 4. The van der Waals surface area contributed by atoms with Crippen molar-refractivity contribution in [3.8, 4) is 28.7 Å². The molecule has 0 aliphatic carbocycles. The SMILES string of the molecule is C/C(=N\OCC1=CC(C)(C)N(O)C1(C)C)c1ccc(C[C@H](N)C(=O)O)cc1.COc1ccc(C[C@H](N)C(=O)O)cc1.N[C@@H](Cc1c[nH]c2ccc(O)cc12)C(=O)O.N[C@@H](Cc1ccc(O)c(O)c1)C(=O)O.N[C@@H](Cc1ccc([N+](=O)[O-])cc1)C(=O)O.Nc1cc(C[C@H](N)C(=O)O)ccc1O.Nc1ccc(C[C@H](N)C(=O)O)cc1. The van der Waals surface area contributed by atoms with E-state index in [4.69, 9.17) is 112 Å². The molecule has 31 N–H and O–H groups in total. The van der Waals surface area contributed by atoms with Crippen molar-refractivity contribution in [2.24, 2.45) is 45.3 Å². The Balaban J connectivity index is 0.000000347. The number of methoxy groups -OCH3 is 1. The summed E-state index contributed by atoms with van der Waals surface area (Å²) < 4.78 is 4.97. The first-order valence-electron chi connectivity index (χ1n) is 34.2. The predicted octanol–water partition coefficient (Wildman–Crippen LogP) is 4.80. The van der Waals surface area contributed by atoms with Crippen LogP contribution in [-0.4, -0.2) is 191 Å². The number of nitro groups is 1. The van der Waals surface area contributed by atoms with Gasteiger partial charge in [0.25, 0.3) is 5.69 Å². The van der Waals surface area contributed by atoms with Crippen molar-refractivity contribution in [2.75, 3.05) is 25.2 Å². The monoisotopic (exact) mass is 1570 g/mol. The lowest BCUT2D eigenvalue weighted by Crippen LogP contribution is -2.48. The Morgan fingerprint density at radius 3 is 1.25 bits per heavy atom. The van der Waals surface area contributed by atoms with E-state index >= 15 is 0 Å². The number of non-ortho nitro benzene ring substituents is 1. The number of nitrogens with two attached hydrogens (primary N) is 9. The number of oxime groups is 1. The number of carboxylic acids is 7. The van der Waals surface area contributed by atoms with Gasteiger partial charge in [0.1, 0.15) is 66.1 Å². The number of ether oxygens (including phenoxy) is 1. The molecule has 0 saturated carbocycles. The highest BCUT2D eigenvalue weighted by Gasteiger charge is 2.45. The molecule has 8 aromatic rings. The number of aromatic nitrogens is 1. The molecule has 7 aromatic carbocycles. The van der Waals surface area contributed by atoms with Crippen molar-refractivity contribution in [1.82, 2.24) is 10.0 Å². The first-order chi connectivity index (χ1) is 52.8. The normalized spacial score (nSPS) is 14.2. The van der Waals surface area contributed by atoms with E-state index in [0.29, 0.717) is 40.9 Å². The average Bonchev–Trinajstić information content (AvgIpc) is 1.62. The number of nitrogens with one attached hydrogen (secondary N) is 1. The number of rotatable bonds is 27. The fraction of sp³-hybridized carbons (Fsp3) is 0.299. The lowest BCUT2D eigenvalue weighted by Gasteiger charge is -2.36. The number of H-pyrrole nitrogens is 1. The van der Waals surface area contributed by atoms with Crippen LogP contribution in [0.5, 0.6) is 28.7 Å². The van der Waals surface area contributed by atoms with Crippen LogP contribution in [0.15, 0.2) is 175 Å². The number of phenols is 4. The summed E-state index contributed by atoms with van der Waals surface area (Å²) in [5, 5.41) is 124. The zero-order chi connectivity index (χ0) is 85.4. The molecule has 0 saturated heterocycles. The highest BCUT2D eigenvalue weighted by molar-refractivity contribution is 5.98. The van der Waals surface area contributed by atoms with Crippen LogP contribution < -0.4 is 56.3 Å². The van der Waals surface area contributed by atoms with Crippen molar-refractivity contribution < 1.29 is 109 Å². The van der Waals surface area contributed by atoms with Gasteiger partial charge in [-0.05, 0) is 190 Å². The van der Waals surface area contributed by atoms with E-state index in [1.165, 1.54) is 59.7 Å². The highest BCUT2D eigenvalue weighted by Crippen LogP contribution is 2.38. The third-order valence-corrected chi connectivity index (χ3v) is 16.7. The number of phenolic OH excluding ortho intramolecular Hbond substituents is 4. The minimum absolute atomic E-state index is 0.0161. The summed E-state index contributed by atoms with van der Waals surface area (Å²) in [7, 11) is 1.58. The van der Waals surface area contributed by atoms with Gasteiger partial charge in [-0.2, -0.15) is 5.06 Å². The second-order valence-electron chi connectivity index (χ2n) is 26.7. The van der Waals surface area contributed by atoms with Gasteiger partial charge in [0.2, 0.25) is 0 Å². The van der Waals surface area contributed by atoms with Crippen molar-refractivity contribution >= 4 is 75.5 Å². The minimum atomic E-state index is -1.10. The Kier molecular flexibility index (Phi) is 37.4. The van der Waals surface area contributed by atoms with E-state index in [2.05, 4.69) is 10.1 Å². The van der Waals surface area contributed by atoms with Crippen LogP contribution in [0.1, 0.15) is 79.1 Å². The summed E-state index contributed by atoms with van der Waals surface area (Å²) in [5.74, 6) is -6.90. The van der Waals surface area contributed by atoms with Crippen molar-refractivity contribution in [3.05, 3.63) is 224 Å². The smallest absolute Gasteiger partial charge is 0.320 e. The highest BCUT2D eigenvalue weighted by atomic mass is 16.6. The summed E-state index contributed by atoms with van der Waals surface area (Å²) in [4.78, 5) is 92.0. The van der Waals surface area contributed by atoms with Crippen LogP contribution in [0.3, 0.4) is 0 Å². The number of benzene rings is 7. The van der Waals surface area contributed by atoms with Gasteiger partial charge in [0.15, 0.2) is 11.5 Å². The molecule has 0 amide bonds. The second kappa shape index (κ2) is 44.8. The predicted molar refractivity (Wildman–Crippen MR) is 419 cm³/mol. The van der Waals surface area contributed by atoms with Crippen LogP contribution in [0.25, 0.3) is 10.9 Å². The number of carboxylic acid groups (broad SMARTS) is 7. The van der Waals surface area contributed by atoms with E-state index in [9.17, 15) is 54.0 Å². The number of hydroxylamine groups is 2. The van der Waals surface area contributed by atoms with Gasteiger partial charge >= 0.3 is 41.8 Å². The van der Waals surface area contributed by atoms with Gasteiger partial charge in [-0.25, -0.2) is 0 Å². The standard InChI is InChI=1S/C20H29N3O4.C11H12N2O3.C10H13NO3.C9H10N2O4.C9H12N2O3.C9H12N2O2.C9H11NO4/c1-13(15-8-6-14(7-9-15)10-17(21)18(24)25)22-27-12-16-11-19(2,3)23(26)20(16,4)5;12-9(11(15)16)3-6-5-13-10-2-1-7(14)4-8(6)10;1-14-8-4-2-7(3-5-8)6-9(11)10(12)13;10-8(9(12)13)5-6-1-3-7(4-2-6)11(14)15;10-6-3-5(1-2-8(6)12)4-7(11)9(13)14;10-7-3-1-6(2-4-7)5-8(11)9(12)13;10-6(9(13)14)3-5-1-2-7(11)8(12)4-5/h6-9,11,17,26H,10,12,21H2,1-5H3,(H,24,25);1-2,4-5,9,13-14H,3,12H2,(H,15,16);2-5,9H,6,11H2,1H3,(H,12,13);1-4,8H,5,10H2,(H,12,13);1-3,7,12H,4,10-11H2,(H,13,14);1-4,8H,5,10-11H2,(H,12,13);1-2,4,6,11-12H,3,10H2,(H,13,14)/b22-13+;;;;;;/t17-;2*9-;8-;7-;8-;6-/m0000000/s1. The number of aromatic amines is 1. The number of anilines is 2. The number of nitrogen functional groups attached to an aromatic ring is 2. The number of carbonyl (C=O) groups is 7. The molecule has 0 spiro atoms. The number of nitrogens with zero attached hydrogens (tertiary/aromatic N) is 3. The fourth-order valence-electron chi connectivity index (χ4n) is 10.2. The summed E-state index contributed by atoms with van der Waals surface area (Å²) in [6.45, 7) is 9.88. The lowest BCUT2D eigenvalue weighted by atomic mass is 9.97. The maximum absolute atomic E-state index is 10.8. The first kappa shape index (κ1) is 94.4. The molecule has 610 valence electrons. The number of fused-ring (bicyclic) bond motifs is 1. The van der Waals surface area contributed by atoms with Crippen LogP contribution in [0, 0.1) is 10.1 Å². The zero-order valence-electron chi connectivity index (χ0n) is 62.7. The molecular weight excluding hydrogens is 1470 g/mol. The lowest BCUT2D eigenvalue weighted by molar-refractivity contribution is -0.384. The summed E-state index contributed by atoms with van der Waals surface area (Å²) in [6, 6.07) is 34.3. The molecule has 1 aliphatic heterocycles. The molecular formula is C77H99N13O23. The maximum atomic E-state index is 10.8. The average molecular weight is 1570 g/mol. The molecule has 0 radical (unpaired) electrons. The molecule has 0 bridgehead atoms. The second-order valence-corrected chi connectivity index (χ2v) is 26.7. The third-order valence-electron chi connectivity index (χ3n) is 16.7. The summed E-state index contributed by atoms with van der Waals surface area (Å²) in [6.07, 6.45) is 5.36. The zero-order valence-corrected chi connectivity index (χ0v) is 62.7. The van der Waals surface area contributed by atoms with E-state index < -0.39 is 100 Å². The van der Waals surface area contributed by atoms with Crippen LogP contribution in [-0.2, 0) is 83.3 Å². The van der Waals surface area contributed by atoms with Crippen LogP contribution in [0.4, 0.5) is 17.1 Å². The molecule has 0 fully saturated rings. The molecule has 7 atom stereocenters. The van der Waals surface area contributed by atoms with Gasteiger partial charge < -0.3 is 128 Å². The summed E-state index contributed by atoms with van der Waals surface area (Å²) in [5.41, 5.74) is 57.2. The third kappa shape index (κ3) is 32.4. The Morgan fingerprint density at radius 2 is 0.867 bits per heavy atom. The van der Waals surface area contributed by atoms with Gasteiger partial charge in [-0.3, -0.25) is 43.7 Å². The van der Waals surface area contributed by atoms with Crippen LogP contribution in [0.2, 0.25) is 0 Å². The Morgan fingerprint density at radius 1 is 0.496 bits per heavy atom. The molecule has 1 aliphatic rings. The van der Waals surface area contributed by atoms with Gasteiger partial charge in [0.05, 0.1) is 34.5 Å². The summed E-state index contributed by atoms with van der Waals surface area (Å²) >= 11 is 0. The molecule has 113 heavy (non-hydrogen) atoms. The topological polar surface area (TPSA) is 689 Å². The molecule has 9 rings (SSSR count). The van der Waals surface area contributed by atoms with Gasteiger partial charge in [-0.15, -0.1) is 0 Å². The molecule has 2 heterocycles. The molecule has 36 heteroatoms. The Bertz CT molecular complexity index is 4470. The maximum Gasteiger partial charge on any atom is 0.320 e. The molecule has 0 unspecified atom stereocenters. The van der Waals surface area contributed by atoms with Crippen molar-refractivity contribution in [1.29, 1.82) is 0 Å². The van der Waals surface area contributed by atoms with Crippen LogP contribution >= 0.6 is 0 Å². The number of hydrogen-bond acceptors (Lipinski definition) is 27. The molecule has 36 nitrogen and oxygen atoms in total. The quantitative estimate of drug-likeness (QED) is 0.00820.